The molecule has 2 aliphatic heterocycles. The molecule has 1 unspecified atom stereocenters. The van der Waals surface area contributed by atoms with Crippen molar-refractivity contribution in [1.82, 2.24) is 19.6 Å². The predicted octanol–water partition coefficient (Wildman–Crippen LogP) is 0.755. The lowest BCUT2D eigenvalue weighted by Gasteiger charge is -2.37. The molecule has 1 N–H and O–H groups in total. The summed E-state index contributed by atoms with van der Waals surface area (Å²) in [6, 6.07) is 0.694. The van der Waals surface area contributed by atoms with Crippen molar-refractivity contribution in [1.29, 1.82) is 0 Å². The number of fused-ring (bicyclic) bond motifs is 1. The average molecular weight is 278 g/mol. The normalized spacial score (nSPS) is 24.9. The third kappa shape index (κ3) is 2.62. The van der Waals surface area contributed by atoms with E-state index in [0.717, 1.165) is 31.7 Å². The number of aromatic nitrogens is 2. The molecular weight excluding hydrogens is 252 g/mol. The number of aryl methyl sites for hydroxylation is 1. The van der Waals surface area contributed by atoms with Crippen LogP contribution in [0, 0.1) is 0 Å². The number of piperidine rings is 1. The van der Waals surface area contributed by atoms with Gasteiger partial charge in [-0.1, -0.05) is 6.42 Å². The summed E-state index contributed by atoms with van der Waals surface area (Å²) < 4.78 is 1.95. The largest absolute Gasteiger partial charge is 0.390 e. The van der Waals surface area contributed by atoms with E-state index in [9.17, 15) is 5.11 Å². The van der Waals surface area contributed by atoms with Crippen LogP contribution in [0.5, 0.6) is 0 Å². The lowest BCUT2D eigenvalue weighted by Crippen LogP contribution is -2.46. The third-order valence-electron chi connectivity index (χ3n) is 4.94. The summed E-state index contributed by atoms with van der Waals surface area (Å²) in [6.07, 6.45) is 5.08. The van der Waals surface area contributed by atoms with Crippen molar-refractivity contribution >= 4 is 0 Å². The van der Waals surface area contributed by atoms with Crippen molar-refractivity contribution in [2.24, 2.45) is 7.05 Å². The summed E-state index contributed by atoms with van der Waals surface area (Å²) in [4.78, 5) is 5.05. The highest BCUT2D eigenvalue weighted by atomic mass is 16.3. The predicted molar refractivity (Wildman–Crippen MR) is 78.4 cm³/mol. The van der Waals surface area contributed by atoms with Gasteiger partial charge in [-0.25, -0.2) is 0 Å². The fourth-order valence-electron chi connectivity index (χ4n) is 3.68. The van der Waals surface area contributed by atoms with Gasteiger partial charge in [0.15, 0.2) is 0 Å². The van der Waals surface area contributed by atoms with Gasteiger partial charge in [-0.15, -0.1) is 0 Å². The summed E-state index contributed by atoms with van der Waals surface area (Å²) in [6.45, 7) is 4.50. The fraction of sp³-hybridized carbons (Fsp3) is 0.800. The first-order chi connectivity index (χ1) is 9.69. The van der Waals surface area contributed by atoms with Crippen LogP contribution < -0.4 is 0 Å². The van der Waals surface area contributed by atoms with Crippen LogP contribution in [0.15, 0.2) is 0 Å². The van der Waals surface area contributed by atoms with E-state index in [0.29, 0.717) is 6.04 Å². The number of aliphatic hydroxyl groups is 1. The number of hydrogen-bond donors (Lipinski definition) is 1. The van der Waals surface area contributed by atoms with E-state index in [1.165, 1.54) is 37.1 Å². The Labute approximate surface area is 121 Å². The van der Waals surface area contributed by atoms with E-state index in [1.54, 1.807) is 0 Å². The molecule has 0 aliphatic carbocycles. The summed E-state index contributed by atoms with van der Waals surface area (Å²) >= 11 is 0. The van der Waals surface area contributed by atoms with E-state index >= 15 is 0 Å². The molecule has 1 saturated heterocycles. The van der Waals surface area contributed by atoms with E-state index in [4.69, 9.17) is 0 Å². The molecule has 0 spiro atoms. The summed E-state index contributed by atoms with van der Waals surface area (Å²) in [5.74, 6) is 0. The molecular formula is C15H26N4O. The van der Waals surface area contributed by atoms with Crippen LogP contribution in [0.3, 0.4) is 0 Å². The molecule has 1 aromatic rings. The van der Waals surface area contributed by atoms with Crippen LogP contribution in [-0.2, 0) is 26.6 Å². The lowest BCUT2D eigenvalue weighted by atomic mass is 10.00. The maximum atomic E-state index is 9.45. The smallest absolute Gasteiger partial charge is 0.0926 e. The molecule has 0 bridgehead atoms. The Morgan fingerprint density at radius 1 is 1.25 bits per heavy atom. The Hall–Kier alpha value is -0.910. The van der Waals surface area contributed by atoms with Gasteiger partial charge in [0.05, 0.1) is 12.3 Å². The van der Waals surface area contributed by atoms with Gasteiger partial charge in [-0.05, 0) is 26.4 Å². The van der Waals surface area contributed by atoms with Crippen LogP contribution in [0.4, 0.5) is 0 Å². The molecule has 0 amide bonds. The molecule has 1 atom stereocenters. The molecule has 5 heteroatoms. The molecule has 20 heavy (non-hydrogen) atoms. The highest BCUT2D eigenvalue weighted by Crippen LogP contribution is 2.24. The van der Waals surface area contributed by atoms with Gasteiger partial charge in [0.25, 0.3) is 0 Å². The van der Waals surface area contributed by atoms with Crippen molar-refractivity contribution in [2.75, 3.05) is 26.7 Å². The van der Waals surface area contributed by atoms with Crippen LogP contribution in [-0.4, -0.2) is 57.4 Å². The van der Waals surface area contributed by atoms with Gasteiger partial charge >= 0.3 is 0 Å². The lowest BCUT2D eigenvalue weighted by molar-refractivity contribution is 0.120. The van der Waals surface area contributed by atoms with Crippen molar-refractivity contribution in [3.8, 4) is 0 Å². The second-order valence-electron chi connectivity index (χ2n) is 6.27. The van der Waals surface area contributed by atoms with E-state index < -0.39 is 0 Å². The molecule has 1 aromatic heterocycles. The highest BCUT2D eigenvalue weighted by Gasteiger charge is 2.27. The second-order valence-corrected chi connectivity index (χ2v) is 6.27. The first-order valence-corrected chi connectivity index (χ1v) is 7.76. The second kappa shape index (κ2) is 5.84. The van der Waals surface area contributed by atoms with Gasteiger partial charge in [-0.2, -0.15) is 5.10 Å². The van der Waals surface area contributed by atoms with Crippen LogP contribution in [0.2, 0.25) is 0 Å². The minimum Gasteiger partial charge on any atom is -0.390 e. The first kappa shape index (κ1) is 14.0. The highest BCUT2D eigenvalue weighted by molar-refractivity contribution is 5.28. The quantitative estimate of drug-likeness (QED) is 0.886. The number of rotatable bonds is 3. The fourth-order valence-corrected chi connectivity index (χ4v) is 3.68. The van der Waals surface area contributed by atoms with Crippen molar-refractivity contribution in [3.63, 3.8) is 0 Å². The Morgan fingerprint density at radius 2 is 2.10 bits per heavy atom. The average Bonchev–Trinajstić information content (AvgIpc) is 2.78. The standard InChI is InChI=1S/C15H26N4O/c1-17-7-4-3-5-12(17)9-19-8-6-15-13(10-19)14(11-20)16-18(15)2/h12,20H,3-11H2,1-2H3. The topological polar surface area (TPSA) is 44.5 Å². The zero-order valence-electron chi connectivity index (χ0n) is 12.7. The van der Waals surface area contributed by atoms with Crippen molar-refractivity contribution < 1.29 is 5.11 Å². The Bertz CT molecular complexity index is 471. The summed E-state index contributed by atoms with van der Waals surface area (Å²) in [5.41, 5.74) is 3.44. The number of aliphatic hydroxyl groups excluding tert-OH is 1. The Kier molecular flexibility index (Phi) is 4.10. The van der Waals surface area contributed by atoms with E-state index in [-0.39, 0.29) is 6.61 Å². The van der Waals surface area contributed by atoms with Gasteiger partial charge in [0.1, 0.15) is 0 Å². The minimum absolute atomic E-state index is 0.0559. The summed E-state index contributed by atoms with van der Waals surface area (Å²) in [7, 11) is 4.24. The molecule has 0 radical (unpaired) electrons. The van der Waals surface area contributed by atoms with Gasteiger partial charge in [-0.3, -0.25) is 9.58 Å². The van der Waals surface area contributed by atoms with E-state index in [1.807, 2.05) is 11.7 Å². The zero-order chi connectivity index (χ0) is 14.1. The number of likely N-dealkylation sites (N-methyl/N-ethyl adjacent to an activating group) is 1. The third-order valence-corrected chi connectivity index (χ3v) is 4.94. The molecule has 2 aliphatic rings. The van der Waals surface area contributed by atoms with Crippen LogP contribution in [0.1, 0.15) is 36.2 Å². The zero-order valence-corrected chi connectivity index (χ0v) is 12.7. The van der Waals surface area contributed by atoms with Crippen LogP contribution in [0.25, 0.3) is 0 Å². The molecule has 0 aromatic carbocycles. The number of likely N-dealkylation sites (tertiary alicyclic amines) is 1. The molecule has 112 valence electrons. The maximum absolute atomic E-state index is 9.45. The van der Waals surface area contributed by atoms with E-state index in [2.05, 4.69) is 21.9 Å². The Balaban J connectivity index is 1.68. The SMILES string of the molecule is CN1CCCCC1CN1CCc2c(c(CO)nn2C)C1. The number of hydrogen-bond acceptors (Lipinski definition) is 4. The Morgan fingerprint density at radius 3 is 2.85 bits per heavy atom. The maximum Gasteiger partial charge on any atom is 0.0926 e. The van der Waals surface area contributed by atoms with Crippen molar-refractivity contribution in [2.45, 2.75) is 44.9 Å². The van der Waals surface area contributed by atoms with Crippen LogP contribution >= 0.6 is 0 Å². The monoisotopic (exact) mass is 278 g/mol. The molecule has 5 nitrogen and oxygen atoms in total. The van der Waals surface area contributed by atoms with Crippen molar-refractivity contribution in [3.05, 3.63) is 17.0 Å². The molecule has 0 saturated carbocycles. The molecule has 1 fully saturated rings. The van der Waals surface area contributed by atoms with Gasteiger partial charge in [0.2, 0.25) is 0 Å². The first-order valence-electron chi connectivity index (χ1n) is 7.76. The minimum atomic E-state index is 0.0559. The van der Waals surface area contributed by atoms with Gasteiger partial charge < -0.3 is 10.0 Å². The number of nitrogens with zero attached hydrogens (tertiary/aromatic N) is 4. The molecule has 3 heterocycles. The summed E-state index contributed by atoms with van der Waals surface area (Å²) in [5, 5.41) is 13.9. The van der Waals surface area contributed by atoms with Gasteiger partial charge in [0, 0.05) is 50.4 Å². The molecule has 3 rings (SSSR count).